The second-order valence-corrected chi connectivity index (χ2v) is 10.1. The largest absolute Gasteiger partial charge is 0.596 e. The van der Waals surface area contributed by atoms with Crippen LogP contribution in [0.5, 0.6) is 0 Å². The van der Waals surface area contributed by atoms with Gasteiger partial charge >= 0.3 is 8.03 Å². The number of hydrogen-bond donors (Lipinski definition) is 1. The summed E-state index contributed by atoms with van der Waals surface area (Å²) in [6.45, 7) is 11.1. The molecule has 0 aromatic heterocycles. The van der Waals surface area contributed by atoms with E-state index in [0.29, 0.717) is 19.6 Å². The van der Waals surface area contributed by atoms with Gasteiger partial charge in [0.1, 0.15) is 18.8 Å². The number of nitrogens with zero attached hydrogens (tertiary/aromatic N) is 1. The fourth-order valence-electron chi connectivity index (χ4n) is 4.50. The van der Waals surface area contributed by atoms with Crippen LogP contribution in [0.25, 0.3) is 0 Å². The van der Waals surface area contributed by atoms with Crippen LogP contribution >= 0.6 is 8.03 Å². The van der Waals surface area contributed by atoms with E-state index < -0.39 is 14.1 Å². The molecule has 0 aromatic carbocycles. The minimum absolute atomic E-state index is 0.244. The predicted octanol–water partition coefficient (Wildman–Crippen LogP) is 5.41. The maximum absolute atomic E-state index is 10.9. The maximum atomic E-state index is 10.9. The van der Waals surface area contributed by atoms with Gasteiger partial charge in [-0.15, -0.1) is 0 Å². The first-order valence-electron chi connectivity index (χ1n) is 12.7. The lowest BCUT2D eigenvalue weighted by molar-refractivity contribution is -0.931. The van der Waals surface area contributed by atoms with Gasteiger partial charge in [-0.05, 0) is 19.3 Å². The minimum Gasteiger partial charge on any atom is -0.596 e. The van der Waals surface area contributed by atoms with Crippen molar-refractivity contribution in [3.63, 3.8) is 0 Å². The van der Waals surface area contributed by atoms with Crippen LogP contribution in [0.15, 0.2) is 0 Å². The SMILES string of the molecule is CCCCCCCCCCCCOCC(O)C[N+](CCC)(CCC)CCC[P+](=O)[O-]. The molecule has 0 fully saturated rings. The highest BCUT2D eigenvalue weighted by molar-refractivity contribution is 7.36. The Kier molecular flexibility index (Phi) is 20.8. The fourth-order valence-corrected chi connectivity index (χ4v) is 4.90. The molecule has 0 aliphatic carbocycles. The van der Waals surface area contributed by atoms with Crippen molar-refractivity contribution in [2.24, 2.45) is 0 Å². The minimum atomic E-state index is -2.31. The summed E-state index contributed by atoms with van der Waals surface area (Å²) in [4.78, 5) is 10.9. The Balaban J connectivity index is 3.96. The Morgan fingerprint density at radius 2 is 1.33 bits per heavy atom. The highest BCUT2D eigenvalue weighted by Gasteiger charge is 2.29. The second-order valence-electron chi connectivity index (χ2n) is 9.02. The third kappa shape index (κ3) is 17.6. The van der Waals surface area contributed by atoms with Crippen molar-refractivity contribution >= 4 is 8.03 Å². The number of quaternary nitrogens is 1. The molecule has 0 spiro atoms. The van der Waals surface area contributed by atoms with E-state index in [1.54, 1.807) is 0 Å². The molecule has 2 unspecified atom stereocenters. The lowest BCUT2D eigenvalue weighted by atomic mass is 10.1. The van der Waals surface area contributed by atoms with Crippen molar-refractivity contribution < 1.29 is 23.8 Å². The topological polar surface area (TPSA) is 69.6 Å². The second kappa shape index (κ2) is 20.8. The van der Waals surface area contributed by atoms with Crippen LogP contribution in [0.2, 0.25) is 0 Å². The van der Waals surface area contributed by atoms with Crippen LogP contribution in [-0.4, -0.2) is 61.2 Å². The van der Waals surface area contributed by atoms with E-state index in [9.17, 15) is 14.6 Å². The monoisotopic (exact) mass is 448 g/mol. The van der Waals surface area contributed by atoms with Crippen molar-refractivity contribution in [1.29, 1.82) is 0 Å². The van der Waals surface area contributed by atoms with E-state index in [4.69, 9.17) is 4.74 Å². The van der Waals surface area contributed by atoms with Gasteiger partial charge < -0.3 is 19.2 Å². The molecule has 5 nitrogen and oxygen atoms in total. The molecule has 2 atom stereocenters. The molecule has 6 heteroatoms. The number of aliphatic hydroxyl groups is 1. The van der Waals surface area contributed by atoms with Crippen molar-refractivity contribution in [2.75, 3.05) is 45.6 Å². The highest BCUT2D eigenvalue weighted by atomic mass is 31.1. The smallest absolute Gasteiger partial charge is 0.308 e. The number of aliphatic hydroxyl groups excluding tert-OH is 1. The van der Waals surface area contributed by atoms with E-state index >= 15 is 0 Å². The number of ether oxygens (including phenoxy) is 1. The molecule has 0 amide bonds. The lowest BCUT2D eigenvalue weighted by Crippen LogP contribution is -2.54. The summed E-state index contributed by atoms with van der Waals surface area (Å²) in [6, 6.07) is 0. The van der Waals surface area contributed by atoms with Gasteiger partial charge in [0.15, 0.2) is 0 Å². The van der Waals surface area contributed by atoms with Gasteiger partial charge in [0, 0.05) is 13.0 Å². The van der Waals surface area contributed by atoms with Crippen molar-refractivity contribution in [3.8, 4) is 0 Å². The first kappa shape index (κ1) is 29.9. The Bertz CT molecular complexity index is 389. The third-order valence-electron chi connectivity index (χ3n) is 5.92. The zero-order valence-electron chi connectivity index (χ0n) is 20.3. The Morgan fingerprint density at radius 3 is 1.83 bits per heavy atom. The molecule has 180 valence electrons. The van der Waals surface area contributed by atoms with Crippen LogP contribution in [0.3, 0.4) is 0 Å². The average molecular weight is 449 g/mol. The van der Waals surface area contributed by atoms with E-state index in [-0.39, 0.29) is 6.16 Å². The zero-order chi connectivity index (χ0) is 22.5. The Morgan fingerprint density at radius 1 is 0.800 bits per heavy atom. The summed E-state index contributed by atoms with van der Waals surface area (Å²) in [7, 11) is -2.31. The molecule has 0 aliphatic heterocycles. The van der Waals surface area contributed by atoms with Crippen molar-refractivity contribution in [3.05, 3.63) is 0 Å². The van der Waals surface area contributed by atoms with E-state index in [1.165, 1.54) is 57.8 Å². The molecule has 30 heavy (non-hydrogen) atoms. The van der Waals surface area contributed by atoms with Crippen LogP contribution in [-0.2, 0) is 9.30 Å². The molecule has 1 N–H and O–H groups in total. The highest BCUT2D eigenvalue weighted by Crippen LogP contribution is 2.17. The van der Waals surface area contributed by atoms with Crippen LogP contribution in [0, 0.1) is 0 Å². The van der Waals surface area contributed by atoms with Gasteiger partial charge in [-0.3, -0.25) is 0 Å². The Labute approximate surface area is 188 Å². The summed E-state index contributed by atoms with van der Waals surface area (Å²) in [5.74, 6) is 0. The summed E-state index contributed by atoms with van der Waals surface area (Å²) >= 11 is 0. The number of unbranched alkanes of at least 4 members (excludes halogenated alkanes) is 9. The summed E-state index contributed by atoms with van der Waals surface area (Å²) in [5.41, 5.74) is 0. The van der Waals surface area contributed by atoms with Gasteiger partial charge in [0.25, 0.3) is 0 Å². The zero-order valence-corrected chi connectivity index (χ0v) is 21.2. The van der Waals surface area contributed by atoms with Crippen LogP contribution < -0.4 is 4.89 Å². The Hall–Kier alpha value is -0.0600. The number of rotatable bonds is 23. The predicted molar refractivity (Wildman–Crippen MR) is 126 cm³/mol. The fraction of sp³-hybridized carbons (Fsp3) is 1.00. The third-order valence-corrected chi connectivity index (χ3v) is 6.60. The van der Waals surface area contributed by atoms with Gasteiger partial charge in [0.05, 0.1) is 26.2 Å². The summed E-state index contributed by atoms with van der Waals surface area (Å²) in [6.07, 6.45) is 15.6. The van der Waals surface area contributed by atoms with E-state index in [2.05, 4.69) is 20.8 Å². The normalized spacial score (nSPS) is 13.6. The molecule has 0 saturated carbocycles. The van der Waals surface area contributed by atoms with Crippen LogP contribution in [0.4, 0.5) is 0 Å². The molecule has 0 bridgehead atoms. The lowest BCUT2D eigenvalue weighted by Gasteiger charge is -2.39. The van der Waals surface area contributed by atoms with Gasteiger partial charge in [0.2, 0.25) is 0 Å². The van der Waals surface area contributed by atoms with Crippen LogP contribution in [0.1, 0.15) is 104 Å². The standard InChI is InChI=1S/C24H51NO4P/c1-4-7-8-9-10-11-12-13-14-15-20-29-23-24(26)22-25(17-5-2,18-6-3)19-16-21-30(27)28/h24,26H,4-23H2,1-3H3/q+1. The first-order chi connectivity index (χ1) is 14.5. The average Bonchev–Trinajstić information content (AvgIpc) is 2.69. The first-order valence-corrected chi connectivity index (χ1v) is 14.1. The molecule has 0 saturated heterocycles. The molecule has 0 rings (SSSR count). The molecule has 0 heterocycles. The quantitative estimate of drug-likeness (QED) is 0.129. The molecular weight excluding hydrogens is 397 g/mol. The molecule has 0 radical (unpaired) electrons. The summed E-state index contributed by atoms with van der Waals surface area (Å²) in [5, 5.41) is 10.5. The molecular formula is C24H51NO4P+. The van der Waals surface area contributed by atoms with Gasteiger partial charge in [-0.25, -0.2) is 0 Å². The molecule has 0 aliphatic rings. The van der Waals surface area contributed by atoms with E-state index in [1.807, 2.05) is 0 Å². The maximum Gasteiger partial charge on any atom is 0.308 e. The van der Waals surface area contributed by atoms with Crippen molar-refractivity contribution in [2.45, 2.75) is 110 Å². The van der Waals surface area contributed by atoms with Crippen molar-refractivity contribution in [1.82, 2.24) is 0 Å². The molecule has 0 aromatic rings. The van der Waals surface area contributed by atoms with Gasteiger partial charge in [-0.1, -0.05) is 83.1 Å². The summed E-state index contributed by atoms with van der Waals surface area (Å²) < 4.78 is 17.5. The van der Waals surface area contributed by atoms with E-state index in [0.717, 1.165) is 50.0 Å². The van der Waals surface area contributed by atoms with Gasteiger partial charge in [-0.2, -0.15) is 0 Å². The number of hydrogen-bond acceptors (Lipinski definition) is 4.